The number of ether oxygens (including phenoxy) is 1. The first-order valence-electron chi connectivity index (χ1n) is 9.43. The predicted molar refractivity (Wildman–Crippen MR) is 103 cm³/mol. The highest BCUT2D eigenvalue weighted by Gasteiger charge is 2.35. The van der Waals surface area contributed by atoms with E-state index in [4.69, 9.17) is 9.26 Å². The molecule has 154 valence electrons. The number of benzene rings is 1. The molecule has 4 rings (SSSR count). The summed E-state index contributed by atoms with van der Waals surface area (Å²) in [6, 6.07) is 6.08. The quantitative estimate of drug-likeness (QED) is 0.761. The second-order valence-electron chi connectivity index (χ2n) is 7.13. The van der Waals surface area contributed by atoms with Crippen LogP contribution in [0.5, 0.6) is 0 Å². The number of halogens is 1. The van der Waals surface area contributed by atoms with Crippen molar-refractivity contribution in [1.29, 1.82) is 0 Å². The lowest BCUT2D eigenvalue weighted by Crippen LogP contribution is -2.38. The Labute approximate surface area is 166 Å². The van der Waals surface area contributed by atoms with Gasteiger partial charge >= 0.3 is 6.09 Å². The summed E-state index contributed by atoms with van der Waals surface area (Å²) >= 11 is 0. The Morgan fingerprint density at radius 3 is 2.97 bits per heavy atom. The van der Waals surface area contributed by atoms with Gasteiger partial charge in [-0.05, 0) is 24.6 Å². The summed E-state index contributed by atoms with van der Waals surface area (Å²) in [7, 11) is 0. The molecule has 1 aromatic heterocycles. The molecule has 10 heteroatoms. The summed E-state index contributed by atoms with van der Waals surface area (Å²) in [5.41, 5.74) is 0.879. The van der Waals surface area contributed by atoms with E-state index in [0.717, 1.165) is 6.42 Å². The maximum atomic E-state index is 14.9. The van der Waals surface area contributed by atoms with Crippen molar-refractivity contribution in [2.24, 2.45) is 0 Å². The third kappa shape index (κ3) is 4.10. The van der Waals surface area contributed by atoms with Crippen molar-refractivity contribution in [3.63, 3.8) is 0 Å². The fourth-order valence-electron chi connectivity index (χ4n) is 3.74. The van der Waals surface area contributed by atoms with E-state index in [2.05, 4.69) is 15.8 Å². The SMILES string of the molecule is CC(=O)N[C@H]1CCN(c2ccc(N3C(=O)OC[C@@H]3CNc3ccon3)cc2F)C1. The number of hydrogen-bond donors (Lipinski definition) is 2. The highest BCUT2D eigenvalue weighted by Crippen LogP contribution is 2.30. The fourth-order valence-corrected chi connectivity index (χ4v) is 3.74. The maximum Gasteiger partial charge on any atom is 0.414 e. The number of nitrogens with zero attached hydrogens (tertiary/aromatic N) is 3. The number of carbonyl (C=O) groups is 2. The number of aromatic nitrogens is 1. The minimum absolute atomic E-state index is 0.00659. The topological polar surface area (TPSA) is 99.9 Å². The van der Waals surface area contributed by atoms with Gasteiger partial charge in [-0.2, -0.15) is 0 Å². The molecule has 2 fully saturated rings. The van der Waals surface area contributed by atoms with Crippen LogP contribution in [-0.4, -0.2) is 55.5 Å². The minimum atomic E-state index is -0.518. The Kier molecular flexibility index (Phi) is 5.24. The predicted octanol–water partition coefficient (Wildman–Crippen LogP) is 1.97. The second-order valence-corrected chi connectivity index (χ2v) is 7.13. The highest BCUT2D eigenvalue weighted by atomic mass is 19.1. The summed E-state index contributed by atoms with van der Waals surface area (Å²) in [6.07, 6.45) is 1.69. The highest BCUT2D eigenvalue weighted by molar-refractivity contribution is 5.90. The number of cyclic esters (lactones) is 1. The standard InChI is InChI=1S/C19H22FN5O4/c1-12(26)22-13-4-6-24(10-13)17-3-2-14(8-16(17)20)25-15(11-28-19(25)27)9-21-18-5-7-29-23-18/h2-3,5,7-8,13,15H,4,6,9-11H2,1H3,(H,21,23)(H,22,26)/t13-,15-/m0/s1. The molecule has 29 heavy (non-hydrogen) atoms. The van der Waals surface area contributed by atoms with Crippen molar-refractivity contribution >= 4 is 29.2 Å². The minimum Gasteiger partial charge on any atom is -0.447 e. The number of carbonyl (C=O) groups excluding carboxylic acids is 2. The Bertz CT molecular complexity index is 891. The van der Waals surface area contributed by atoms with Gasteiger partial charge < -0.3 is 24.8 Å². The van der Waals surface area contributed by atoms with Crippen molar-refractivity contribution in [3.05, 3.63) is 36.3 Å². The zero-order valence-corrected chi connectivity index (χ0v) is 15.9. The first kappa shape index (κ1) is 19.0. The molecule has 2 aliphatic heterocycles. The molecular weight excluding hydrogens is 381 g/mol. The number of rotatable bonds is 6. The monoisotopic (exact) mass is 403 g/mol. The Hall–Kier alpha value is -3.30. The molecule has 0 radical (unpaired) electrons. The summed E-state index contributed by atoms with van der Waals surface area (Å²) in [5.74, 6) is 0.0351. The van der Waals surface area contributed by atoms with E-state index in [1.54, 1.807) is 18.2 Å². The van der Waals surface area contributed by atoms with Crippen LogP contribution in [0.1, 0.15) is 13.3 Å². The molecule has 2 saturated heterocycles. The molecule has 2 N–H and O–H groups in total. The van der Waals surface area contributed by atoms with Crippen LogP contribution in [0.2, 0.25) is 0 Å². The second kappa shape index (κ2) is 7.98. The molecular formula is C19H22FN5O4. The van der Waals surface area contributed by atoms with Crippen LogP contribution in [0.4, 0.5) is 26.4 Å². The van der Waals surface area contributed by atoms with Gasteiger partial charge in [0.05, 0.1) is 17.4 Å². The Morgan fingerprint density at radius 2 is 2.24 bits per heavy atom. The van der Waals surface area contributed by atoms with Crippen molar-refractivity contribution in [2.75, 3.05) is 41.4 Å². The van der Waals surface area contributed by atoms with Gasteiger partial charge in [-0.15, -0.1) is 0 Å². The van der Waals surface area contributed by atoms with Gasteiger partial charge in [0.1, 0.15) is 18.7 Å². The van der Waals surface area contributed by atoms with E-state index in [9.17, 15) is 14.0 Å². The van der Waals surface area contributed by atoms with E-state index in [1.807, 2.05) is 4.90 Å². The van der Waals surface area contributed by atoms with Crippen molar-refractivity contribution in [3.8, 4) is 0 Å². The Balaban J connectivity index is 1.46. The van der Waals surface area contributed by atoms with E-state index < -0.39 is 11.9 Å². The van der Waals surface area contributed by atoms with E-state index in [0.29, 0.717) is 36.8 Å². The zero-order chi connectivity index (χ0) is 20.4. The summed E-state index contributed by atoms with van der Waals surface area (Å²) < 4.78 is 24.8. The molecule has 2 aromatic rings. The van der Waals surface area contributed by atoms with Crippen LogP contribution in [0, 0.1) is 5.82 Å². The van der Waals surface area contributed by atoms with Gasteiger partial charge in [0.15, 0.2) is 5.82 Å². The van der Waals surface area contributed by atoms with Gasteiger partial charge in [0, 0.05) is 38.7 Å². The zero-order valence-electron chi connectivity index (χ0n) is 15.9. The third-order valence-electron chi connectivity index (χ3n) is 5.06. The lowest BCUT2D eigenvalue weighted by molar-refractivity contribution is -0.119. The summed E-state index contributed by atoms with van der Waals surface area (Å²) in [5, 5.41) is 9.69. The first-order valence-corrected chi connectivity index (χ1v) is 9.43. The van der Waals surface area contributed by atoms with Crippen LogP contribution >= 0.6 is 0 Å². The summed E-state index contributed by atoms with van der Waals surface area (Å²) in [6.45, 7) is 3.24. The fraction of sp³-hybridized carbons (Fsp3) is 0.421. The van der Waals surface area contributed by atoms with Crippen molar-refractivity contribution < 1.29 is 23.2 Å². The molecule has 3 heterocycles. The number of amides is 2. The molecule has 2 aliphatic rings. The molecule has 0 unspecified atom stereocenters. The molecule has 0 bridgehead atoms. The van der Waals surface area contributed by atoms with E-state index in [-0.39, 0.29) is 24.6 Å². The van der Waals surface area contributed by atoms with Gasteiger partial charge in [-0.25, -0.2) is 9.18 Å². The Morgan fingerprint density at radius 1 is 1.38 bits per heavy atom. The molecule has 2 atom stereocenters. The molecule has 9 nitrogen and oxygen atoms in total. The smallest absolute Gasteiger partial charge is 0.414 e. The van der Waals surface area contributed by atoms with Crippen LogP contribution in [0.3, 0.4) is 0 Å². The van der Waals surface area contributed by atoms with Gasteiger partial charge in [-0.1, -0.05) is 5.16 Å². The van der Waals surface area contributed by atoms with Crippen molar-refractivity contribution in [2.45, 2.75) is 25.4 Å². The van der Waals surface area contributed by atoms with Crippen LogP contribution < -0.4 is 20.4 Å². The first-order chi connectivity index (χ1) is 14.0. The molecule has 0 saturated carbocycles. The largest absolute Gasteiger partial charge is 0.447 e. The van der Waals surface area contributed by atoms with E-state index in [1.165, 1.54) is 24.2 Å². The molecule has 1 aromatic carbocycles. The van der Waals surface area contributed by atoms with Gasteiger partial charge in [0.2, 0.25) is 5.91 Å². The third-order valence-corrected chi connectivity index (χ3v) is 5.06. The number of nitrogens with one attached hydrogen (secondary N) is 2. The van der Waals surface area contributed by atoms with Crippen LogP contribution in [0.25, 0.3) is 0 Å². The molecule has 0 spiro atoms. The number of anilines is 3. The lowest BCUT2D eigenvalue weighted by atomic mass is 10.2. The molecule has 2 amide bonds. The van der Waals surface area contributed by atoms with Gasteiger partial charge in [-0.3, -0.25) is 9.69 Å². The maximum absolute atomic E-state index is 14.9. The van der Waals surface area contributed by atoms with E-state index >= 15 is 0 Å². The average molecular weight is 403 g/mol. The molecule has 0 aliphatic carbocycles. The van der Waals surface area contributed by atoms with Crippen LogP contribution in [0.15, 0.2) is 35.1 Å². The lowest BCUT2D eigenvalue weighted by Gasteiger charge is -2.24. The van der Waals surface area contributed by atoms with Gasteiger partial charge in [0.25, 0.3) is 0 Å². The summed E-state index contributed by atoms with van der Waals surface area (Å²) in [4.78, 5) is 26.8. The normalized spacial score (nSPS) is 21.4. The van der Waals surface area contributed by atoms with Crippen molar-refractivity contribution in [1.82, 2.24) is 10.5 Å². The number of hydrogen-bond acceptors (Lipinski definition) is 7. The van der Waals surface area contributed by atoms with Crippen LogP contribution in [-0.2, 0) is 9.53 Å². The average Bonchev–Trinajstić information content (AvgIpc) is 3.41.